The molecule has 3 fully saturated rings. The van der Waals surface area contributed by atoms with Crippen LogP contribution in [0.25, 0.3) is 0 Å². The summed E-state index contributed by atoms with van der Waals surface area (Å²) in [5.41, 5.74) is 24.6. The normalized spacial score (nSPS) is 16.8. The molecule has 802 valence electrons. The first-order valence-corrected chi connectivity index (χ1v) is 55.2. The molecule has 1 unspecified atom stereocenters. The molecule has 40 heteroatoms. The summed E-state index contributed by atoms with van der Waals surface area (Å²) in [5.74, 6) is -9.22. The van der Waals surface area contributed by atoms with Gasteiger partial charge in [-0.1, -0.05) is 174 Å². The van der Waals surface area contributed by atoms with Gasteiger partial charge in [-0.2, -0.15) is 0 Å². The summed E-state index contributed by atoms with van der Waals surface area (Å²) in [6.07, 6.45) is 0.556. The lowest BCUT2D eigenvalue weighted by atomic mass is 10.0. The fourth-order valence-corrected chi connectivity index (χ4v) is 24.2. The van der Waals surface area contributed by atoms with Gasteiger partial charge in [0.1, 0.15) is 71.3 Å². The number of nitrogens with one attached hydrogen (secondary N) is 3. The summed E-state index contributed by atoms with van der Waals surface area (Å²) in [7, 11) is -11.7. The van der Waals surface area contributed by atoms with Crippen molar-refractivity contribution in [1.29, 1.82) is 0 Å². The fraction of sp³-hybridized carbons (Fsp3) is 0.587. The Kier molecular flexibility index (Phi) is 50.8. The Labute approximate surface area is 844 Å². The van der Waals surface area contributed by atoms with Crippen LogP contribution < -0.4 is 33.2 Å². The number of likely N-dealkylation sites (tertiary alicyclic amines) is 1. The number of nitrogens with zero attached hydrogens (tertiary/aromatic N) is 4. The molecule has 3 aliphatic heterocycles. The standard InChI is InChI=1S/C36H52F2N4O7S.2C34H49F2N3O7S/c1-5-9-31(10-6-2)50(47,48)23-33(40-36(46)49-30-13-14-41(21-30)24(4)43)35(45)42(20-26-12-8-11-25(7-3)15-26)22-34(44)32(39)18-27-16-28(37)19-29(38)17-27;2*1-4-8-29(9-5-2)47(43,44)22-31(38-34(42)46-28-12-13-45-21-28)33(41)39(19-24-11-7-10-23(6-3)14-24)20-32(40)30(37)17-25-15-26(35)18-27(36)16-25/h8,11-12,15-17,19,30-34,44H,5-7,9-10,13-14,18,20-23,39H2,1-4H3,(H,40,46);2*7,10-11,14-16,18,28-32,40H,4-6,8-9,12-13,17,19-22,37H2,1-3H3,(H,38,42)/t30-,32+,33?,34-;28-,30-,31+,32+;28-,30-,31-,32+/m100/s1. The predicted molar refractivity (Wildman–Crippen MR) is 537 cm³/mol. The smallest absolute Gasteiger partial charge is 0.408 e. The zero-order chi connectivity index (χ0) is 106. The van der Waals surface area contributed by atoms with Gasteiger partial charge in [0, 0.05) is 108 Å². The van der Waals surface area contributed by atoms with Crippen LogP contribution in [0, 0.1) is 34.9 Å². The molecule has 9 rings (SSSR count). The average Bonchev–Trinajstić information content (AvgIpc) is 0.915. The van der Waals surface area contributed by atoms with Crippen molar-refractivity contribution in [3.8, 4) is 0 Å². The van der Waals surface area contributed by atoms with E-state index in [0.29, 0.717) is 139 Å². The van der Waals surface area contributed by atoms with Crippen LogP contribution in [0.1, 0.15) is 216 Å². The lowest BCUT2D eigenvalue weighted by Crippen LogP contribution is -2.55. The number of aliphatic hydroxyl groups is 3. The van der Waals surface area contributed by atoms with Crippen LogP contribution in [0.5, 0.6) is 0 Å². The third-order valence-corrected chi connectivity index (χ3v) is 32.3. The van der Waals surface area contributed by atoms with Gasteiger partial charge in [0.2, 0.25) is 23.6 Å². The Morgan fingerprint density at radius 3 is 0.875 bits per heavy atom. The van der Waals surface area contributed by atoms with Gasteiger partial charge in [-0.25, -0.2) is 66.0 Å². The number of aliphatic hydroxyl groups excluding tert-OH is 3. The maximum atomic E-state index is 14.4. The van der Waals surface area contributed by atoms with E-state index in [0.717, 1.165) is 84.1 Å². The van der Waals surface area contributed by atoms with E-state index < -0.39 is 206 Å². The van der Waals surface area contributed by atoms with Gasteiger partial charge in [-0.05, 0) is 164 Å². The first kappa shape index (κ1) is 121. The van der Waals surface area contributed by atoms with Gasteiger partial charge in [0.25, 0.3) is 0 Å². The van der Waals surface area contributed by atoms with Crippen molar-refractivity contribution in [1.82, 2.24) is 35.6 Å². The number of carbonyl (C=O) groups excluding carboxylic acids is 7. The highest BCUT2D eigenvalue weighted by Gasteiger charge is 2.42. The van der Waals surface area contributed by atoms with Crippen LogP contribution in [0.4, 0.5) is 40.7 Å². The number of hydrogen-bond donors (Lipinski definition) is 9. The van der Waals surface area contributed by atoms with Gasteiger partial charge in [0.05, 0.1) is 84.3 Å². The van der Waals surface area contributed by atoms with E-state index in [1.807, 2.05) is 117 Å². The highest BCUT2D eigenvalue weighted by Crippen LogP contribution is 2.28. The van der Waals surface area contributed by atoms with Crippen LogP contribution in [0.15, 0.2) is 127 Å². The minimum atomic E-state index is -3.92. The number of carbonyl (C=O) groups is 7. The molecule has 0 spiro atoms. The number of alkyl carbamates (subject to hydrolysis) is 3. The van der Waals surface area contributed by atoms with Crippen molar-refractivity contribution in [3.05, 3.63) is 212 Å². The molecule has 0 saturated carbocycles. The molecule has 7 amide bonds. The average molecular weight is 2090 g/mol. The summed E-state index contributed by atoms with van der Waals surface area (Å²) >= 11 is 0. The summed E-state index contributed by atoms with van der Waals surface area (Å²) < 4.78 is 192. The Morgan fingerprint density at radius 1 is 0.389 bits per heavy atom. The van der Waals surface area contributed by atoms with E-state index in [1.165, 1.54) is 26.5 Å². The molecule has 144 heavy (non-hydrogen) atoms. The molecule has 3 aliphatic rings. The summed E-state index contributed by atoms with van der Waals surface area (Å²) in [5, 5.41) is 39.0. The highest BCUT2D eigenvalue weighted by atomic mass is 32.2. The molecule has 6 aromatic rings. The van der Waals surface area contributed by atoms with Crippen LogP contribution in [-0.4, -0.2) is 267 Å². The van der Waals surface area contributed by atoms with E-state index in [-0.39, 0.29) is 101 Å². The molecule has 0 aromatic heterocycles. The van der Waals surface area contributed by atoms with E-state index in [4.69, 9.17) is 40.9 Å². The molecule has 12 N–H and O–H groups in total. The molecule has 6 aromatic carbocycles. The van der Waals surface area contributed by atoms with E-state index in [2.05, 4.69) is 16.0 Å². The number of aryl methyl sites for hydroxylation is 3. The quantitative estimate of drug-likeness (QED) is 0.0126. The van der Waals surface area contributed by atoms with Gasteiger partial charge < -0.3 is 91.8 Å². The number of rotatable bonds is 54. The number of ether oxygens (including phenoxy) is 5. The number of benzene rings is 6. The van der Waals surface area contributed by atoms with Gasteiger partial charge >= 0.3 is 18.3 Å². The Morgan fingerprint density at radius 2 is 0.646 bits per heavy atom. The van der Waals surface area contributed by atoms with Crippen LogP contribution in [0.2, 0.25) is 0 Å². The summed E-state index contributed by atoms with van der Waals surface area (Å²) in [6.45, 7) is 19.2. The first-order valence-electron chi connectivity index (χ1n) is 50.1. The Hall–Kier alpha value is -9.88. The van der Waals surface area contributed by atoms with Crippen molar-refractivity contribution in [2.24, 2.45) is 17.2 Å². The van der Waals surface area contributed by atoms with Gasteiger partial charge in [-0.3, -0.25) is 19.2 Å². The third-order valence-electron chi connectivity index (χ3n) is 25.5. The van der Waals surface area contributed by atoms with Crippen molar-refractivity contribution in [2.45, 2.75) is 312 Å². The number of hydrogen-bond acceptors (Lipinski definition) is 24. The molecule has 31 nitrogen and oxygen atoms in total. The van der Waals surface area contributed by atoms with E-state index in [1.54, 1.807) is 18.2 Å². The molecule has 0 bridgehead atoms. The minimum absolute atomic E-state index is 0.0257. The van der Waals surface area contributed by atoms with E-state index in [9.17, 15) is 100 Å². The SMILES string of the molecule is CCCC(CCC)S(=O)(=O)CC(NC(=O)O[C@@H]1CCN(C(C)=O)C1)C(=O)N(Cc1cccc(CC)c1)C[C@@H](O)[C@@H](N)Cc1cc(F)cc(F)c1.CCCC(CCC)S(=O)(=O)C[C@@H](NC(=O)O[C@H]1CCOC1)C(=O)N(Cc1cccc(CC)c1)C[C@@H](O)[C@@H](N)Cc1cc(F)cc(F)c1.CCCC(CCC)S(=O)(=O)C[C@H](NC(=O)O[C@H]1CCOC1)C(=O)N(Cc1cccc(CC)c1)C[C@@H](O)[C@@H](N)Cc1cc(F)cc(F)c1. The van der Waals surface area contributed by atoms with E-state index >= 15 is 0 Å². The van der Waals surface area contributed by atoms with Gasteiger partial charge in [-0.15, -0.1) is 0 Å². The number of nitrogens with two attached hydrogens (primary N) is 3. The Balaban J connectivity index is 0.000000293. The number of sulfone groups is 3. The highest BCUT2D eigenvalue weighted by molar-refractivity contribution is 7.92. The summed E-state index contributed by atoms with van der Waals surface area (Å²) in [6, 6.07) is 23.4. The maximum Gasteiger partial charge on any atom is 0.408 e. The minimum Gasteiger partial charge on any atom is -0.444 e. The zero-order valence-corrected chi connectivity index (χ0v) is 86.9. The van der Waals surface area contributed by atoms with Crippen molar-refractivity contribution in [3.63, 3.8) is 0 Å². The number of halogens is 6. The molecule has 3 heterocycles. The van der Waals surface area contributed by atoms with Gasteiger partial charge in [0.15, 0.2) is 29.5 Å². The first-order chi connectivity index (χ1) is 68.3. The van der Waals surface area contributed by atoms with Crippen molar-refractivity contribution < 1.29 is 124 Å². The molecule has 0 radical (unpaired) electrons. The molecule has 12 atom stereocenters. The fourth-order valence-electron chi connectivity index (χ4n) is 17.7. The summed E-state index contributed by atoms with van der Waals surface area (Å²) in [4.78, 5) is 99.3. The zero-order valence-electron chi connectivity index (χ0n) is 84.4. The van der Waals surface area contributed by atoms with Crippen molar-refractivity contribution in [2.75, 3.05) is 76.4 Å². The predicted octanol–water partition coefficient (Wildman–Crippen LogP) is 12.0. The second-order valence-electron chi connectivity index (χ2n) is 37.6. The molecule has 3 saturated heterocycles. The Bertz CT molecular complexity index is 5150. The van der Waals surface area contributed by atoms with Crippen LogP contribution >= 0.6 is 0 Å². The molecular weight excluding hydrogens is 1940 g/mol. The lowest BCUT2D eigenvalue weighted by Gasteiger charge is -2.32. The largest absolute Gasteiger partial charge is 0.444 e. The number of amides is 7. The van der Waals surface area contributed by atoms with Crippen LogP contribution in [-0.2, 0) is 131 Å². The maximum absolute atomic E-state index is 14.4. The second-order valence-corrected chi connectivity index (χ2v) is 44.5. The lowest BCUT2D eigenvalue weighted by molar-refractivity contribution is -0.135. The molecular formula is C104H150F6N10O21S3. The van der Waals surface area contributed by atoms with Crippen molar-refractivity contribution >= 4 is 71.4 Å². The topological polar surface area (TPSA) is 456 Å². The molecule has 0 aliphatic carbocycles. The third kappa shape index (κ3) is 40.7. The second kappa shape index (κ2) is 60.4. The monoisotopic (exact) mass is 2090 g/mol. The van der Waals surface area contributed by atoms with Crippen LogP contribution in [0.3, 0.4) is 0 Å².